The van der Waals surface area contributed by atoms with Crippen LogP contribution in [0.2, 0.25) is 0 Å². The summed E-state index contributed by atoms with van der Waals surface area (Å²) >= 11 is 0. The molecule has 0 aliphatic rings. The van der Waals surface area contributed by atoms with Crippen LogP contribution in [0.1, 0.15) is 5.69 Å². The van der Waals surface area contributed by atoms with Crippen LogP contribution in [0.15, 0.2) is 12.9 Å². The Morgan fingerprint density at radius 2 is 2.62 bits per heavy atom. The van der Waals surface area contributed by atoms with E-state index in [1.54, 1.807) is 6.08 Å². The van der Waals surface area contributed by atoms with Crippen LogP contribution in [-0.4, -0.2) is 9.97 Å². The number of nitrogens with two attached hydrogens (primary N) is 1. The van der Waals surface area contributed by atoms with Gasteiger partial charge in [0.2, 0.25) is 0 Å². The van der Waals surface area contributed by atoms with Crippen molar-refractivity contribution in [3.8, 4) is 0 Å². The summed E-state index contributed by atoms with van der Waals surface area (Å²) in [6.45, 7) is 3.51. The van der Waals surface area contributed by atoms with E-state index in [1.807, 2.05) is 0 Å². The summed E-state index contributed by atoms with van der Waals surface area (Å²) in [5.41, 5.74) is 6.12. The number of nitrogens with one attached hydrogen (secondary N) is 1. The van der Waals surface area contributed by atoms with Crippen molar-refractivity contribution in [1.29, 1.82) is 0 Å². The van der Waals surface area contributed by atoms with Gasteiger partial charge in [-0.2, -0.15) is 0 Å². The number of aromatic amines is 1. The number of hydrogen-bond donors (Lipinski definition) is 2. The number of nitrogen functional groups attached to an aromatic ring is 1. The maximum Gasteiger partial charge on any atom is 0.148 e. The van der Waals surface area contributed by atoms with E-state index in [1.165, 1.54) is 6.33 Å². The van der Waals surface area contributed by atoms with Gasteiger partial charge in [0.1, 0.15) is 5.82 Å². The highest BCUT2D eigenvalue weighted by atomic mass is 15.0. The second-order valence-corrected chi connectivity index (χ2v) is 1.41. The molecule has 0 aliphatic heterocycles. The monoisotopic (exact) mass is 109 g/mol. The van der Waals surface area contributed by atoms with Gasteiger partial charge >= 0.3 is 0 Å². The van der Waals surface area contributed by atoms with Crippen molar-refractivity contribution < 1.29 is 0 Å². The molecule has 0 aromatic carbocycles. The van der Waals surface area contributed by atoms with E-state index in [4.69, 9.17) is 5.73 Å². The van der Waals surface area contributed by atoms with E-state index >= 15 is 0 Å². The van der Waals surface area contributed by atoms with Gasteiger partial charge in [-0.05, 0) is 6.08 Å². The summed E-state index contributed by atoms with van der Waals surface area (Å²) in [4.78, 5) is 6.54. The Bertz CT molecular complexity index is 189. The van der Waals surface area contributed by atoms with Crippen molar-refractivity contribution in [2.24, 2.45) is 0 Å². The van der Waals surface area contributed by atoms with Gasteiger partial charge in [0.05, 0.1) is 12.0 Å². The van der Waals surface area contributed by atoms with Crippen molar-refractivity contribution in [3.05, 3.63) is 18.6 Å². The van der Waals surface area contributed by atoms with Crippen LogP contribution < -0.4 is 5.73 Å². The zero-order valence-electron chi connectivity index (χ0n) is 4.39. The SMILES string of the molecule is C=Cc1[nH]cnc1N. The molecule has 42 valence electrons. The Morgan fingerprint density at radius 3 is 2.88 bits per heavy atom. The average Bonchev–Trinajstić information content (AvgIpc) is 2.14. The Kier molecular flexibility index (Phi) is 1.04. The molecule has 8 heavy (non-hydrogen) atoms. The minimum atomic E-state index is 0.500. The van der Waals surface area contributed by atoms with Crippen molar-refractivity contribution in [1.82, 2.24) is 9.97 Å². The van der Waals surface area contributed by atoms with E-state index < -0.39 is 0 Å². The first-order valence-corrected chi connectivity index (χ1v) is 2.26. The van der Waals surface area contributed by atoms with Gasteiger partial charge in [-0.15, -0.1) is 0 Å². The summed E-state index contributed by atoms with van der Waals surface area (Å²) in [7, 11) is 0. The fraction of sp³-hybridized carbons (Fsp3) is 0. The number of nitrogens with zero attached hydrogens (tertiary/aromatic N) is 1. The third-order valence-corrected chi connectivity index (χ3v) is 0.904. The van der Waals surface area contributed by atoms with Crippen LogP contribution in [0.25, 0.3) is 6.08 Å². The van der Waals surface area contributed by atoms with Crippen molar-refractivity contribution in [2.75, 3.05) is 5.73 Å². The fourth-order valence-electron chi connectivity index (χ4n) is 0.478. The highest BCUT2D eigenvalue weighted by molar-refractivity contribution is 5.54. The lowest BCUT2D eigenvalue weighted by molar-refractivity contribution is 1.31. The second kappa shape index (κ2) is 1.69. The van der Waals surface area contributed by atoms with Crippen LogP contribution in [-0.2, 0) is 0 Å². The van der Waals surface area contributed by atoms with Crippen LogP contribution in [0, 0.1) is 0 Å². The van der Waals surface area contributed by atoms with E-state index in [0.717, 1.165) is 5.69 Å². The molecule has 1 rings (SSSR count). The maximum atomic E-state index is 5.34. The first-order valence-electron chi connectivity index (χ1n) is 2.26. The predicted molar refractivity (Wildman–Crippen MR) is 33.1 cm³/mol. The van der Waals surface area contributed by atoms with E-state index in [0.29, 0.717) is 5.82 Å². The van der Waals surface area contributed by atoms with Crippen LogP contribution >= 0.6 is 0 Å². The molecule has 0 saturated carbocycles. The molecule has 0 unspecified atom stereocenters. The summed E-state index contributed by atoms with van der Waals surface area (Å²) in [5, 5.41) is 0. The number of hydrogen-bond acceptors (Lipinski definition) is 2. The standard InChI is InChI=1S/C5H7N3/c1-2-4-5(6)8-3-7-4/h2-3H,1,6H2,(H,7,8). The first-order chi connectivity index (χ1) is 3.84. The minimum absolute atomic E-state index is 0.500. The lowest BCUT2D eigenvalue weighted by atomic mass is 10.4. The molecule has 0 radical (unpaired) electrons. The number of anilines is 1. The van der Waals surface area contributed by atoms with Gasteiger partial charge in [-0.1, -0.05) is 6.58 Å². The number of imidazole rings is 1. The Labute approximate surface area is 47.2 Å². The molecule has 3 nitrogen and oxygen atoms in total. The summed E-state index contributed by atoms with van der Waals surface area (Å²) in [5.74, 6) is 0.500. The van der Waals surface area contributed by atoms with Crippen LogP contribution in [0.5, 0.6) is 0 Å². The van der Waals surface area contributed by atoms with Gasteiger partial charge in [0, 0.05) is 0 Å². The molecule has 3 N–H and O–H groups in total. The number of H-pyrrole nitrogens is 1. The first kappa shape index (κ1) is 4.90. The summed E-state index contributed by atoms with van der Waals surface area (Å²) in [6.07, 6.45) is 3.16. The third kappa shape index (κ3) is 0.578. The zero-order chi connectivity index (χ0) is 5.98. The number of rotatable bonds is 1. The third-order valence-electron chi connectivity index (χ3n) is 0.904. The summed E-state index contributed by atoms with van der Waals surface area (Å²) < 4.78 is 0. The molecule has 0 atom stereocenters. The molecule has 0 spiro atoms. The van der Waals surface area contributed by atoms with Gasteiger partial charge in [-0.3, -0.25) is 0 Å². The largest absolute Gasteiger partial charge is 0.382 e. The quantitative estimate of drug-likeness (QED) is 0.555. The van der Waals surface area contributed by atoms with Crippen molar-refractivity contribution in [2.45, 2.75) is 0 Å². The van der Waals surface area contributed by atoms with Gasteiger partial charge in [0.25, 0.3) is 0 Å². The van der Waals surface area contributed by atoms with Crippen molar-refractivity contribution >= 4 is 11.9 Å². The minimum Gasteiger partial charge on any atom is -0.382 e. The van der Waals surface area contributed by atoms with E-state index in [2.05, 4.69) is 16.5 Å². The molecule has 1 aromatic heterocycles. The molecular formula is C5H7N3. The normalized spacial score (nSPS) is 9.00. The predicted octanol–water partition coefficient (Wildman–Crippen LogP) is 0.635. The van der Waals surface area contributed by atoms with E-state index in [-0.39, 0.29) is 0 Å². The Hall–Kier alpha value is -1.25. The highest BCUT2D eigenvalue weighted by Crippen LogP contribution is 2.03. The topological polar surface area (TPSA) is 54.7 Å². The average molecular weight is 109 g/mol. The maximum absolute atomic E-state index is 5.34. The molecular weight excluding hydrogens is 102 g/mol. The lowest BCUT2D eigenvalue weighted by Crippen LogP contribution is -1.85. The van der Waals surface area contributed by atoms with Crippen LogP contribution in [0.4, 0.5) is 5.82 Å². The Morgan fingerprint density at radius 1 is 1.88 bits per heavy atom. The molecule has 0 fully saturated rings. The summed E-state index contributed by atoms with van der Waals surface area (Å²) in [6, 6.07) is 0. The van der Waals surface area contributed by atoms with E-state index in [9.17, 15) is 0 Å². The van der Waals surface area contributed by atoms with Crippen molar-refractivity contribution in [3.63, 3.8) is 0 Å². The Balaban J connectivity index is 3.09. The molecule has 1 heterocycles. The molecule has 0 bridgehead atoms. The molecule has 1 aromatic rings. The van der Waals surface area contributed by atoms with Gasteiger partial charge in [-0.25, -0.2) is 4.98 Å². The number of aromatic nitrogens is 2. The molecule has 0 aliphatic carbocycles. The highest BCUT2D eigenvalue weighted by Gasteiger charge is 1.91. The molecule has 3 heteroatoms. The molecule has 0 saturated heterocycles. The molecule has 0 amide bonds. The smallest absolute Gasteiger partial charge is 0.148 e. The van der Waals surface area contributed by atoms with Crippen LogP contribution in [0.3, 0.4) is 0 Å². The fourth-order valence-corrected chi connectivity index (χ4v) is 0.478. The zero-order valence-corrected chi connectivity index (χ0v) is 4.39. The van der Waals surface area contributed by atoms with Gasteiger partial charge in [0.15, 0.2) is 0 Å². The second-order valence-electron chi connectivity index (χ2n) is 1.41. The van der Waals surface area contributed by atoms with Gasteiger partial charge < -0.3 is 10.7 Å². The lowest BCUT2D eigenvalue weighted by Gasteiger charge is -1.82.